The monoisotopic (exact) mass is 472 g/mol. The highest BCUT2D eigenvalue weighted by molar-refractivity contribution is 5.78. The summed E-state index contributed by atoms with van der Waals surface area (Å²) in [4.78, 5) is 12.1. The summed E-state index contributed by atoms with van der Waals surface area (Å²) in [5.74, 6) is 5.21. The zero-order chi connectivity index (χ0) is 24.3. The first-order valence-electron chi connectivity index (χ1n) is 15.3. The largest absolute Gasteiger partial charge is 0.313 e. The van der Waals surface area contributed by atoms with Gasteiger partial charge in [-0.25, -0.2) is 0 Å². The minimum absolute atomic E-state index is 0.499. The highest BCUT2D eigenvalue weighted by atomic mass is 16.1. The summed E-state index contributed by atoms with van der Waals surface area (Å²) in [5.41, 5.74) is 1.14. The van der Waals surface area contributed by atoms with E-state index in [2.05, 4.69) is 45.3 Å². The summed E-state index contributed by atoms with van der Waals surface area (Å²) in [6, 6.07) is 1.33. The minimum atomic E-state index is 0.499. The quantitative estimate of drug-likeness (QED) is 0.314. The molecule has 34 heavy (non-hydrogen) atoms. The lowest BCUT2D eigenvalue weighted by atomic mass is 9.44. The van der Waals surface area contributed by atoms with Gasteiger partial charge in [0.05, 0.1) is 0 Å². The molecule has 4 aliphatic rings. The smallest absolute Gasteiger partial charge is 0.132 e. The molecular formula is C31H56N2O. The molecule has 4 fully saturated rings. The van der Waals surface area contributed by atoms with Gasteiger partial charge in [0.1, 0.15) is 5.78 Å². The number of carbonyl (C=O) groups is 1. The van der Waals surface area contributed by atoms with E-state index in [-0.39, 0.29) is 0 Å². The Bertz CT molecular complexity index is 676. The Kier molecular flexibility index (Phi) is 8.88. The van der Waals surface area contributed by atoms with E-state index >= 15 is 0 Å². The molecule has 0 aromatic heterocycles. The summed E-state index contributed by atoms with van der Waals surface area (Å²) in [5, 5.41) is 7.46. The molecule has 2 N–H and O–H groups in total. The van der Waals surface area contributed by atoms with Gasteiger partial charge in [0, 0.05) is 38.0 Å². The van der Waals surface area contributed by atoms with E-state index in [0.29, 0.717) is 22.7 Å². The molecule has 196 valence electrons. The Hall–Kier alpha value is -0.410. The first-order valence-corrected chi connectivity index (χ1v) is 15.3. The second-order valence-corrected chi connectivity index (χ2v) is 13.7. The molecule has 0 amide bonds. The van der Waals surface area contributed by atoms with Crippen molar-refractivity contribution in [3.05, 3.63) is 0 Å². The van der Waals surface area contributed by atoms with Gasteiger partial charge in [-0.2, -0.15) is 0 Å². The zero-order valence-corrected chi connectivity index (χ0v) is 23.3. The SMILES string of the molecule is CCCC(=O)CCC[C@H]1CCC2[C@H]3CC[C@H]4C[C@H](NCCNC(C)C)CC[C@]4(C)C3CC[C@@]21C. The predicted molar refractivity (Wildman–Crippen MR) is 144 cm³/mol. The minimum Gasteiger partial charge on any atom is -0.313 e. The molecule has 0 aliphatic heterocycles. The number of fused-ring (bicyclic) bond motifs is 5. The van der Waals surface area contributed by atoms with Crippen LogP contribution in [0.3, 0.4) is 0 Å². The van der Waals surface area contributed by atoms with Gasteiger partial charge in [-0.3, -0.25) is 4.79 Å². The fourth-order valence-corrected chi connectivity index (χ4v) is 9.61. The van der Waals surface area contributed by atoms with E-state index in [1.165, 1.54) is 64.2 Å². The number of hydrogen-bond donors (Lipinski definition) is 2. The van der Waals surface area contributed by atoms with Crippen LogP contribution in [0.25, 0.3) is 0 Å². The lowest BCUT2D eigenvalue weighted by Gasteiger charge is -2.61. The van der Waals surface area contributed by atoms with Crippen LogP contribution in [0.1, 0.15) is 125 Å². The number of carbonyl (C=O) groups excluding carboxylic acids is 1. The molecule has 3 nitrogen and oxygen atoms in total. The van der Waals surface area contributed by atoms with Crippen LogP contribution in [-0.4, -0.2) is 31.0 Å². The van der Waals surface area contributed by atoms with E-state index in [4.69, 9.17) is 0 Å². The normalized spacial score (nSPS) is 41.7. The first kappa shape index (κ1) is 26.6. The van der Waals surface area contributed by atoms with Crippen molar-refractivity contribution in [2.24, 2.45) is 40.4 Å². The van der Waals surface area contributed by atoms with Crippen LogP contribution in [0.2, 0.25) is 0 Å². The van der Waals surface area contributed by atoms with Crippen molar-refractivity contribution in [1.82, 2.24) is 10.6 Å². The van der Waals surface area contributed by atoms with Crippen LogP contribution >= 0.6 is 0 Å². The Morgan fingerprint density at radius 2 is 1.68 bits per heavy atom. The highest BCUT2D eigenvalue weighted by Gasteiger charge is 2.59. The number of Topliss-reactive ketones (excluding diaryl/α,β-unsaturated/α-hetero) is 1. The van der Waals surface area contributed by atoms with Gasteiger partial charge in [-0.15, -0.1) is 0 Å². The molecule has 0 saturated heterocycles. The number of hydrogen-bond acceptors (Lipinski definition) is 3. The summed E-state index contributed by atoms with van der Waals surface area (Å²) >= 11 is 0. The zero-order valence-electron chi connectivity index (χ0n) is 23.3. The molecule has 4 aliphatic carbocycles. The van der Waals surface area contributed by atoms with Crippen molar-refractivity contribution in [3.8, 4) is 0 Å². The fraction of sp³-hybridized carbons (Fsp3) is 0.968. The van der Waals surface area contributed by atoms with Gasteiger partial charge >= 0.3 is 0 Å². The standard InChI is InChI=1S/C31H56N2O/c1-6-8-26(34)10-7-9-23-12-14-28-27-13-11-24-21-25(33-20-19-32-22(2)3)15-17-31(24,5)29(27)16-18-30(23,28)4/h22-25,27-29,32-33H,6-21H2,1-5H3/t23-,24-,25+,27+,28?,29?,30+,31-/m0/s1. The van der Waals surface area contributed by atoms with Crippen molar-refractivity contribution in [2.75, 3.05) is 13.1 Å². The van der Waals surface area contributed by atoms with Crippen molar-refractivity contribution in [2.45, 2.75) is 137 Å². The first-order chi connectivity index (χ1) is 16.3. The Morgan fingerprint density at radius 3 is 2.44 bits per heavy atom. The second-order valence-electron chi connectivity index (χ2n) is 13.7. The molecule has 0 spiro atoms. The van der Waals surface area contributed by atoms with E-state index in [0.717, 1.165) is 74.4 Å². The molecule has 0 aromatic carbocycles. The molecule has 0 heterocycles. The Balaban J connectivity index is 1.32. The molecular weight excluding hydrogens is 416 g/mol. The van der Waals surface area contributed by atoms with E-state index < -0.39 is 0 Å². The average Bonchev–Trinajstić information content (AvgIpc) is 3.13. The number of nitrogens with one attached hydrogen (secondary N) is 2. The van der Waals surface area contributed by atoms with Gasteiger partial charge < -0.3 is 10.6 Å². The van der Waals surface area contributed by atoms with E-state index in [9.17, 15) is 4.79 Å². The Labute approximate surface area is 211 Å². The molecule has 0 aromatic rings. The van der Waals surface area contributed by atoms with Crippen molar-refractivity contribution >= 4 is 5.78 Å². The highest BCUT2D eigenvalue weighted by Crippen LogP contribution is 2.67. The maximum absolute atomic E-state index is 12.1. The third-order valence-electron chi connectivity index (χ3n) is 11.5. The molecule has 0 bridgehead atoms. The lowest BCUT2D eigenvalue weighted by Crippen LogP contribution is -2.55. The fourth-order valence-electron chi connectivity index (χ4n) is 9.61. The van der Waals surface area contributed by atoms with Gasteiger partial charge in [0.15, 0.2) is 0 Å². The van der Waals surface area contributed by atoms with Crippen LogP contribution in [0.15, 0.2) is 0 Å². The van der Waals surface area contributed by atoms with Gasteiger partial charge in [0.25, 0.3) is 0 Å². The van der Waals surface area contributed by atoms with Crippen LogP contribution in [0.5, 0.6) is 0 Å². The van der Waals surface area contributed by atoms with Crippen LogP contribution < -0.4 is 10.6 Å². The second kappa shape index (κ2) is 11.3. The van der Waals surface area contributed by atoms with Crippen molar-refractivity contribution in [3.63, 3.8) is 0 Å². The Morgan fingerprint density at radius 1 is 0.912 bits per heavy atom. The van der Waals surface area contributed by atoms with Crippen LogP contribution in [0.4, 0.5) is 0 Å². The summed E-state index contributed by atoms with van der Waals surface area (Å²) in [7, 11) is 0. The van der Waals surface area contributed by atoms with Gasteiger partial charge in [0.2, 0.25) is 0 Å². The van der Waals surface area contributed by atoms with Gasteiger partial charge in [-0.05, 0) is 117 Å². The predicted octanol–water partition coefficient (Wildman–Crippen LogP) is 7.14. The van der Waals surface area contributed by atoms with Crippen LogP contribution in [-0.2, 0) is 4.79 Å². The van der Waals surface area contributed by atoms with E-state index in [1.54, 1.807) is 0 Å². The van der Waals surface area contributed by atoms with Crippen molar-refractivity contribution in [1.29, 1.82) is 0 Å². The maximum Gasteiger partial charge on any atom is 0.132 e. The third kappa shape index (κ3) is 5.46. The molecule has 0 radical (unpaired) electrons. The number of rotatable bonds is 11. The summed E-state index contributed by atoms with van der Waals surface area (Å²) in [6.45, 7) is 14.2. The summed E-state index contributed by atoms with van der Waals surface area (Å²) in [6.07, 6.45) is 18.1. The molecule has 3 heteroatoms. The van der Waals surface area contributed by atoms with E-state index in [1.807, 2.05) is 0 Å². The lowest BCUT2D eigenvalue weighted by molar-refractivity contribution is -0.120. The summed E-state index contributed by atoms with van der Waals surface area (Å²) < 4.78 is 0. The topological polar surface area (TPSA) is 41.1 Å². The van der Waals surface area contributed by atoms with Gasteiger partial charge in [-0.1, -0.05) is 34.6 Å². The maximum atomic E-state index is 12.1. The van der Waals surface area contributed by atoms with Crippen molar-refractivity contribution < 1.29 is 4.79 Å². The number of ketones is 1. The third-order valence-corrected chi connectivity index (χ3v) is 11.5. The molecule has 2 unspecified atom stereocenters. The molecule has 8 atom stereocenters. The average molecular weight is 473 g/mol. The van der Waals surface area contributed by atoms with Crippen LogP contribution in [0, 0.1) is 40.4 Å². The molecule has 4 rings (SSSR count). The molecule has 4 saturated carbocycles.